The lowest BCUT2D eigenvalue weighted by Gasteiger charge is -2.34. The molecule has 1 aromatic heterocycles. The van der Waals surface area contributed by atoms with Gasteiger partial charge in [-0.2, -0.15) is 5.26 Å². The molecule has 3 aromatic rings. The van der Waals surface area contributed by atoms with Crippen LogP contribution in [0.15, 0.2) is 53.4 Å². The number of rotatable bonds is 6. The van der Waals surface area contributed by atoms with Gasteiger partial charge in [0.1, 0.15) is 12.1 Å². The van der Waals surface area contributed by atoms with E-state index in [2.05, 4.69) is 18.7 Å². The van der Waals surface area contributed by atoms with Crippen LogP contribution in [0.4, 0.5) is 0 Å². The monoisotopic (exact) mass is 463 g/mol. The summed E-state index contributed by atoms with van der Waals surface area (Å²) in [7, 11) is -4.01. The third-order valence-electron chi connectivity index (χ3n) is 6.60. The number of carbonyl (C=O) groups excluding carboxylic acids is 1. The van der Waals surface area contributed by atoms with Crippen LogP contribution in [0.25, 0.3) is 10.9 Å². The van der Waals surface area contributed by atoms with Crippen LogP contribution in [0.3, 0.4) is 0 Å². The van der Waals surface area contributed by atoms with Gasteiger partial charge in [-0.3, -0.25) is 4.79 Å². The van der Waals surface area contributed by atoms with Crippen LogP contribution >= 0.6 is 0 Å². The Balaban J connectivity index is 1.79. The van der Waals surface area contributed by atoms with E-state index >= 15 is 0 Å². The van der Waals surface area contributed by atoms with E-state index in [1.807, 2.05) is 25.1 Å². The fourth-order valence-electron chi connectivity index (χ4n) is 4.64. The summed E-state index contributed by atoms with van der Waals surface area (Å²) in [6.07, 6.45) is 1.72. The number of benzene rings is 2. The Bertz CT molecular complexity index is 1320. The minimum Gasteiger partial charge on any atom is -0.301 e. The second-order valence-electron chi connectivity index (χ2n) is 9.09. The number of nitriles is 1. The maximum atomic E-state index is 13.6. The van der Waals surface area contributed by atoms with E-state index in [-0.39, 0.29) is 17.0 Å². The van der Waals surface area contributed by atoms with Crippen molar-refractivity contribution in [1.29, 1.82) is 5.26 Å². The van der Waals surface area contributed by atoms with E-state index in [0.717, 1.165) is 41.0 Å². The standard InChI is InChI=1S/C26H29N3O3S/c1-18(2)28-14-11-20(12-15-28)21-6-9-24-22(16-21)17-25(26(30)10-13-27)29(24)33(31,32)23-7-4-19(3)5-8-23/h4-9,16-18,20H,10-12,14-15H2,1-3H3. The van der Waals surface area contributed by atoms with E-state index in [1.165, 1.54) is 0 Å². The van der Waals surface area contributed by atoms with Crippen molar-refractivity contribution in [3.05, 3.63) is 65.4 Å². The summed E-state index contributed by atoms with van der Waals surface area (Å²) in [5, 5.41) is 9.76. The van der Waals surface area contributed by atoms with Crippen LogP contribution in [-0.2, 0) is 10.0 Å². The highest BCUT2D eigenvalue weighted by molar-refractivity contribution is 7.90. The van der Waals surface area contributed by atoms with Crippen LogP contribution < -0.4 is 0 Å². The summed E-state index contributed by atoms with van der Waals surface area (Å²) in [4.78, 5) is 15.3. The summed E-state index contributed by atoms with van der Waals surface area (Å²) >= 11 is 0. The molecule has 0 spiro atoms. The predicted molar refractivity (Wildman–Crippen MR) is 129 cm³/mol. The molecule has 1 saturated heterocycles. The van der Waals surface area contributed by atoms with Crippen LogP contribution in [0.2, 0.25) is 0 Å². The first-order valence-corrected chi connectivity index (χ1v) is 12.8. The molecule has 172 valence electrons. The fraction of sp³-hybridized carbons (Fsp3) is 0.385. The minimum atomic E-state index is -4.01. The zero-order chi connectivity index (χ0) is 23.8. The number of hydrogen-bond donors (Lipinski definition) is 0. The molecule has 0 bridgehead atoms. The molecule has 1 aliphatic rings. The normalized spacial score (nSPS) is 15.7. The van der Waals surface area contributed by atoms with Gasteiger partial charge in [-0.15, -0.1) is 0 Å². The minimum absolute atomic E-state index is 0.0268. The molecule has 0 N–H and O–H groups in total. The first-order chi connectivity index (χ1) is 15.7. The number of hydrogen-bond acceptors (Lipinski definition) is 5. The first-order valence-electron chi connectivity index (χ1n) is 11.3. The van der Waals surface area contributed by atoms with Crippen LogP contribution in [0, 0.1) is 18.3 Å². The van der Waals surface area contributed by atoms with Crippen molar-refractivity contribution in [2.45, 2.75) is 56.9 Å². The Labute approximate surface area is 195 Å². The molecule has 0 aliphatic carbocycles. The van der Waals surface area contributed by atoms with Crippen LogP contribution in [0.1, 0.15) is 60.6 Å². The van der Waals surface area contributed by atoms with Crippen molar-refractivity contribution in [1.82, 2.24) is 8.87 Å². The molecule has 0 amide bonds. The van der Waals surface area contributed by atoms with Crippen molar-refractivity contribution in [3.63, 3.8) is 0 Å². The molecular formula is C26H29N3O3S. The summed E-state index contributed by atoms with van der Waals surface area (Å²) < 4.78 is 28.2. The van der Waals surface area contributed by atoms with Gasteiger partial charge in [-0.1, -0.05) is 23.8 Å². The molecule has 0 unspecified atom stereocenters. The molecule has 7 heteroatoms. The van der Waals surface area contributed by atoms with E-state index in [9.17, 15) is 13.2 Å². The number of Topliss-reactive ketones (excluding diaryl/α,β-unsaturated/α-hetero) is 1. The average Bonchev–Trinajstić information content (AvgIpc) is 3.19. The highest BCUT2D eigenvalue weighted by atomic mass is 32.2. The Morgan fingerprint density at radius 3 is 2.36 bits per heavy atom. The van der Waals surface area contributed by atoms with Crippen molar-refractivity contribution < 1.29 is 13.2 Å². The van der Waals surface area contributed by atoms with E-state index in [1.54, 1.807) is 36.4 Å². The maximum absolute atomic E-state index is 13.6. The summed E-state index contributed by atoms with van der Waals surface area (Å²) in [6.45, 7) is 8.38. The Morgan fingerprint density at radius 2 is 1.76 bits per heavy atom. The van der Waals surface area contributed by atoms with Crippen molar-refractivity contribution >= 4 is 26.7 Å². The van der Waals surface area contributed by atoms with Crippen molar-refractivity contribution in [2.24, 2.45) is 0 Å². The van der Waals surface area contributed by atoms with Gasteiger partial charge in [-0.05, 0) is 88.5 Å². The lowest BCUT2D eigenvalue weighted by atomic mass is 9.88. The van der Waals surface area contributed by atoms with Gasteiger partial charge in [0, 0.05) is 11.4 Å². The number of nitrogens with zero attached hydrogens (tertiary/aromatic N) is 3. The van der Waals surface area contributed by atoms with Gasteiger partial charge in [0.25, 0.3) is 10.0 Å². The summed E-state index contributed by atoms with van der Waals surface area (Å²) in [5.41, 5.74) is 2.59. The number of piperidine rings is 1. The van der Waals surface area contributed by atoms with Gasteiger partial charge in [-0.25, -0.2) is 12.4 Å². The number of carbonyl (C=O) groups is 1. The topological polar surface area (TPSA) is 83.2 Å². The van der Waals surface area contributed by atoms with E-state index in [0.29, 0.717) is 22.9 Å². The van der Waals surface area contributed by atoms with E-state index in [4.69, 9.17) is 5.26 Å². The number of aromatic nitrogens is 1. The van der Waals surface area contributed by atoms with E-state index < -0.39 is 15.8 Å². The van der Waals surface area contributed by atoms with Gasteiger partial charge < -0.3 is 4.90 Å². The number of fused-ring (bicyclic) bond motifs is 1. The molecule has 1 fully saturated rings. The van der Waals surface area contributed by atoms with Crippen LogP contribution in [-0.4, -0.2) is 42.2 Å². The SMILES string of the molecule is Cc1ccc(S(=O)(=O)n2c(C(=O)CC#N)cc3cc(C4CCN(C(C)C)CC4)ccc32)cc1. The van der Waals surface area contributed by atoms with Gasteiger partial charge >= 0.3 is 0 Å². The highest BCUT2D eigenvalue weighted by Gasteiger charge is 2.28. The Kier molecular flexibility index (Phi) is 6.42. The molecule has 6 nitrogen and oxygen atoms in total. The molecule has 0 radical (unpaired) electrons. The largest absolute Gasteiger partial charge is 0.301 e. The zero-order valence-corrected chi connectivity index (χ0v) is 20.1. The number of aryl methyl sites for hydroxylation is 1. The Morgan fingerprint density at radius 1 is 1.09 bits per heavy atom. The maximum Gasteiger partial charge on any atom is 0.268 e. The van der Waals surface area contributed by atoms with Crippen molar-refractivity contribution in [3.8, 4) is 6.07 Å². The third-order valence-corrected chi connectivity index (χ3v) is 8.34. The molecule has 2 aromatic carbocycles. The second-order valence-corrected chi connectivity index (χ2v) is 10.9. The highest BCUT2D eigenvalue weighted by Crippen LogP contribution is 2.33. The lowest BCUT2D eigenvalue weighted by Crippen LogP contribution is -2.37. The second kappa shape index (κ2) is 9.12. The molecule has 0 saturated carbocycles. The van der Waals surface area contributed by atoms with Crippen LogP contribution in [0.5, 0.6) is 0 Å². The van der Waals surface area contributed by atoms with Crippen molar-refractivity contribution in [2.75, 3.05) is 13.1 Å². The molecule has 0 atom stereocenters. The third kappa shape index (κ3) is 4.46. The summed E-state index contributed by atoms with van der Waals surface area (Å²) in [5.74, 6) is -0.101. The first kappa shape index (κ1) is 23.2. The molecule has 2 heterocycles. The zero-order valence-electron chi connectivity index (χ0n) is 19.3. The lowest BCUT2D eigenvalue weighted by molar-refractivity contribution is 0.0992. The van der Waals surface area contributed by atoms with Gasteiger partial charge in [0.2, 0.25) is 0 Å². The quantitative estimate of drug-likeness (QED) is 0.487. The molecule has 1 aliphatic heterocycles. The van der Waals surface area contributed by atoms with Gasteiger partial charge in [0.15, 0.2) is 5.78 Å². The molecular weight excluding hydrogens is 434 g/mol. The number of ketones is 1. The number of likely N-dealkylation sites (tertiary alicyclic amines) is 1. The fourth-order valence-corrected chi connectivity index (χ4v) is 6.17. The average molecular weight is 464 g/mol. The Hall–Kier alpha value is -2.95. The summed E-state index contributed by atoms with van der Waals surface area (Å²) in [6, 6.07) is 16.4. The smallest absolute Gasteiger partial charge is 0.268 e. The molecule has 33 heavy (non-hydrogen) atoms. The van der Waals surface area contributed by atoms with Gasteiger partial charge in [0.05, 0.1) is 16.5 Å². The predicted octanol–water partition coefficient (Wildman–Crippen LogP) is 4.87. The molecule has 4 rings (SSSR count).